The number of hydrogen-bond acceptors (Lipinski definition) is 4. The van der Waals surface area contributed by atoms with Crippen LogP contribution in [0.25, 0.3) is 5.69 Å². The van der Waals surface area contributed by atoms with Crippen LogP contribution in [0, 0.1) is 0 Å². The van der Waals surface area contributed by atoms with Crippen LogP contribution >= 0.6 is 0 Å². The van der Waals surface area contributed by atoms with Gasteiger partial charge in [-0.05, 0) is 50.9 Å². The molecule has 2 saturated heterocycles. The summed E-state index contributed by atoms with van der Waals surface area (Å²) in [5, 5.41) is 4.42. The third-order valence-electron chi connectivity index (χ3n) is 5.49. The fraction of sp³-hybridized carbons (Fsp3) is 0.450. The SMILES string of the molecule is NC(=O)c1cc(C(=O)N2CCCC2CN2CCCC2)nn1-c1ccccc1. The summed E-state index contributed by atoms with van der Waals surface area (Å²) in [6, 6.07) is 11.0. The van der Waals surface area contributed by atoms with E-state index >= 15 is 0 Å². The van der Waals surface area contributed by atoms with Crippen molar-refractivity contribution in [1.29, 1.82) is 0 Å². The maximum atomic E-state index is 13.1. The molecule has 0 saturated carbocycles. The van der Waals surface area contributed by atoms with Crippen molar-refractivity contribution < 1.29 is 9.59 Å². The van der Waals surface area contributed by atoms with Crippen molar-refractivity contribution >= 4 is 11.8 Å². The predicted octanol–water partition coefficient (Wildman–Crippen LogP) is 1.67. The van der Waals surface area contributed by atoms with E-state index < -0.39 is 5.91 Å². The van der Waals surface area contributed by atoms with E-state index in [-0.39, 0.29) is 23.3 Å². The fourth-order valence-electron chi connectivity index (χ4n) is 4.13. The molecule has 27 heavy (non-hydrogen) atoms. The second-order valence-corrected chi connectivity index (χ2v) is 7.33. The molecule has 0 radical (unpaired) electrons. The van der Waals surface area contributed by atoms with Gasteiger partial charge in [0.15, 0.2) is 5.69 Å². The molecule has 1 aromatic heterocycles. The van der Waals surface area contributed by atoms with Crippen LogP contribution in [-0.2, 0) is 0 Å². The molecule has 7 heteroatoms. The minimum atomic E-state index is -0.597. The standard InChI is InChI=1S/C20H25N5O2/c21-19(26)18-13-17(22-25(18)15-7-2-1-3-8-15)20(27)24-12-6-9-16(24)14-23-10-4-5-11-23/h1-3,7-8,13,16H,4-6,9-12,14H2,(H2,21,26). The first-order valence-corrected chi connectivity index (χ1v) is 9.62. The second-order valence-electron chi connectivity index (χ2n) is 7.33. The molecule has 2 amide bonds. The lowest BCUT2D eigenvalue weighted by Gasteiger charge is -2.28. The molecule has 2 N–H and O–H groups in total. The van der Waals surface area contributed by atoms with E-state index in [0.29, 0.717) is 5.69 Å². The van der Waals surface area contributed by atoms with Crippen LogP contribution < -0.4 is 5.73 Å². The minimum absolute atomic E-state index is 0.117. The zero-order valence-corrected chi connectivity index (χ0v) is 15.4. The van der Waals surface area contributed by atoms with Gasteiger partial charge in [0.25, 0.3) is 11.8 Å². The molecule has 142 valence electrons. The van der Waals surface area contributed by atoms with Crippen molar-refractivity contribution in [3.05, 3.63) is 47.8 Å². The van der Waals surface area contributed by atoms with Gasteiger partial charge in [0, 0.05) is 25.2 Å². The van der Waals surface area contributed by atoms with E-state index in [9.17, 15) is 9.59 Å². The molecule has 7 nitrogen and oxygen atoms in total. The number of primary amides is 1. The molecule has 2 aromatic rings. The van der Waals surface area contributed by atoms with Crippen LogP contribution in [0.2, 0.25) is 0 Å². The van der Waals surface area contributed by atoms with Crippen LogP contribution in [0.4, 0.5) is 0 Å². The molecule has 2 aliphatic heterocycles. The Morgan fingerprint density at radius 3 is 2.52 bits per heavy atom. The molecular formula is C20H25N5O2. The third kappa shape index (κ3) is 3.60. The summed E-state index contributed by atoms with van der Waals surface area (Å²) in [6.07, 6.45) is 4.50. The van der Waals surface area contributed by atoms with E-state index in [1.54, 1.807) is 0 Å². The Morgan fingerprint density at radius 2 is 1.81 bits per heavy atom. The minimum Gasteiger partial charge on any atom is -0.364 e. The highest BCUT2D eigenvalue weighted by atomic mass is 16.2. The molecule has 1 aromatic carbocycles. The van der Waals surface area contributed by atoms with Gasteiger partial charge in [-0.1, -0.05) is 18.2 Å². The molecule has 0 bridgehead atoms. The Balaban J connectivity index is 1.58. The predicted molar refractivity (Wildman–Crippen MR) is 102 cm³/mol. The number of aromatic nitrogens is 2. The Kier molecular flexibility index (Phi) is 4.94. The van der Waals surface area contributed by atoms with Crippen molar-refractivity contribution in [2.75, 3.05) is 26.2 Å². The maximum Gasteiger partial charge on any atom is 0.274 e. The zero-order valence-electron chi connectivity index (χ0n) is 15.4. The molecule has 1 unspecified atom stereocenters. The number of carbonyl (C=O) groups excluding carboxylic acids is 2. The second kappa shape index (κ2) is 7.52. The Bertz CT molecular complexity index is 826. The van der Waals surface area contributed by atoms with Gasteiger partial charge in [-0.2, -0.15) is 5.10 Å². The van der Waals surface area contributed by atoms with Gasteiger partial charge >= 0.3 is 0 Å². The Hall–Kier alpha value is -2.67. The number of rotatable bonds is 5. The van der Waals surface area contributed by atoms with E-state index in [1.165, 1.54) is 23.6 Å². The monoisotopic (exact) mass is 367 g/mol. The van der Waals surface area contributed by atoms with Crippen LogP contribution in [0.3, 0.4) is 0 Å². The first kappa shape index (κ1) is 17.7. The van der Waals surface area contributed by atoms with Crippen molar-refractivity contribution in [2.24, 2.45) is 5.73 Å². The van der Waals surface area contributed by atoms with Crippen molar-refractivity contribution in [2.45, 2.75) is 31.7 Å². The van der Waals surface area contributed by atoms with E-state index in [0.717, 1.165) is 39.0 Å². The number of amides is 2. The summed E-state index contributed by atoms with van der Waals surface area (Å²) in [5.41, 5.74) is 6.73. The van der Waals surface area contributed by atoms with Gasteiger partial charge in [0.05, 0.1) is 5.69 Å². The topological polar surface area (TPSA) is 84.5 Å². The van der Waals surface area contributed by atoms with Gasteiger partial charge in [-0.25, -0.2) is 4.68 Å². The number of nitrogens with zero attached hydrogens (tertiary/aromatic N) is 4. The number of carbonyl (C=O) groups is 2. The van der Waals surface area contributed by atoms with E-state index in [2.05, 4.69) is 10.00 Å². The Morgan fingerprint density at radius 1 is 1.07 bits per heavy atom. The first-order chi connectivity index (χ1) is 13.1. The maximum absolute atomic E-state index is 13.1. The van der Waals surface area contributed by atoms with E-state index in [4.69, 9.17) is 5.73 Å². The molecule has 0 spiro atoms. The smallest absolute Gasteiger partial charge is 0.274 e. The van der Waals surface area contributed by atoms with Crippen molar-refractivity contribution in [3.8, 4) is 5.69 Å². The lowest BCUT2D eigenvalue weighted by Crippen LogP contribution is -2.42. The molecule has 0 aliphatic carbocycles. The molecule has 3 heterocycles. The third-order valence-corrected chi connectivity index (χ3v) is 5.49. The largest absolute Gasteiger partial charge is 0.364 e. The number of hydrogen-bond donors (Lipinski definition) is 1. The van der Waals surface area contributed by atoms with Crippen molar-refractivity contribution in [3.63, 3.8) is 0 Å². The summed E-state index contributed by atoms with van der Waals surface area (Å²) in [4.78, 5) is 29.4. The first-order valence-electron chi connectivity index (χ1n) is 9.62. The summed E-state index contributed by atoms with van der Waals surface area (Å²) in [5.74, 6) is -0.714. The Labute approximate surface area is 158 Å². The average Bonchev–Trinajstić information content (AvgIpc) is 3.43. The van der Waals surface area contributed by atoms with Gasteiger partial charge in [-0.15, -0.1) is 0 Å². The van der Waals surface area contributed by atoms with Gasteiger partial charge in [0.2, 0.25) is 0 Å². The number of nitrogens with two attached hydrogens (primary N) is 1. The molecular weight excluding hydrogens is 342 g/mol. The summed E-state index contributed by atoms with van der Waals surface area (Å²) < 4.78 is 1.46. The number of para-hydroxylation sites is 1. The molecule has 2 aliphatic rings. The summed E-state index contributed by atoms with van der Waals surface area (Å²) in [7, 11) is 0. The van der Waals surface area contributed by atoms with Crippen LogP contribution in [0.15, 0.2) is 36.4 Å². The van der Waals surface area contributed by atoms with E-state index in [1.807, 2.05) is 35.2 Å². The molecule has 4 rings (SSSR count). The van der Waals surface area contributed by atoms with Crippen LogP contribution in [0.5, 0.6) is 0 Å². The summed E-state index contributed by atoms with van der Waals surface area (Å²) in [6.45, 7) is 3.90. The zero-order chi connectivity index (χ0) is 18.8. The lowest BCUT2D eigenvalue weighted by atomic mass is 10.2. The summed E-state index contributed by atoms with van der Waals surface area (Å²) >= 11 is 0. The normalized spacial score (nSPS) is 20.3. The molecule has 1 atom stereocenters. The number of likely N-dealkylation sites (tertiary alicyclic amines) is 2. The van der Waals surface area contributed by atoms with Gasteiger partial charge < -0.3 is 15.5 Å². The lowest BCUT2D eigenvalue weighted by molar-refractivity contribution is 0.0702. The van der Waals surface area contributed by atoms with Gasteiger partial charge in [-0.3, -0.25) is 9.59 Å². The van der Waals surface area contributed by atoms with Crippen molar-refractivity contribution in [1.82, 2.24) is 19.6 Å². The van der Waals surface area contributed by atoms with Gasteiger partial charge in [0.1, 0.15) is 5.69 Å². The highest BCUT2D eigenvalue weighted by molar-refractivity contribution is 5.98. The fourth-order valence-corrected chi connectivity index (χ4v) is 4.13. The highest BCUT2D eigenvalue weighted by Crippen LogP contribution is 2.23. The van der Waals surface area contributed by atoms with Crippen LogP contribution in [0.1, 0.15) is 46.7 Å². The quantitative estimate of drug-likeness (QED) is 0.871. The van der Waals surface area contributed by atoms with Crippen LogP contribution in [-0.4, -0.2) is 63.6 Å². The highest BCUT2D eigenvalue weighted by Gasteiger charge is 2.33. The number of benzene rings is 1. The molecule has 2 fully saturated rings. The average molecular weight is 367 g/mol.